The van der Waals surface area contributed by atoms with Crippen LogP contribution < -0.4 is 5.32 Å². The van der Waals surface area contributed by atoms with Gasteiger partial charge in [-0.05, 0) is 74.4 Å². The number of nitrogens with zero attached hydrogens (tertiary/aromatic N) is 3. The second kappa shape index (κ2) is 8.76. The predicted molar refractivity (Wildman–Crippen MR) is 124 cm³/mol. The molecule has 2 N–H and O–H groups in total. The lowest BCUT2D eigenvalue weighted by atomic mass is 9.96. The topological polar surface area (TPSA) is 53.3 Å². The normalized spacial score (nSPS) is 18.7. The van der Waals surface area contributed by atoms with E-state index in [2.05, 4.69) is 45.7 Å². The molecule has 2 atom stereocenters. The molecule has 30 heavy (non-hydrogen) atoms. The molecule has 2 unspecified atom stereocenters. The Bertz CT molecular complexity index is 1050. The Morgan fingerprint density at radius 2 is 2.00 bits per heavy atom. The molecule has 7 heteroatoms. The monoisotopic (exact) mass is 440 g/mol. The molecule has 0 bridgehead atoms. The number of hydrogen-bond acceptors (Lipinski definition) is 3. The molecule has 4 rings (SSSR count). The van der Waals surface area contributed by atoms with Crippen LogP contribution in [0.25, 0.3) is 5.69 Å². The number of aryl methyl sites for hydroxylation is 1. The third-order valence-corrected chi connectivity index (χ3v) is 6.20. The quantitative estimate of drug-likeness (QED) is 0.553. The number of pyridine rings is 1. The molecule has 0 radical (unpaired) electrons. The Morgan fingerprint density at radius 3 is 2.70 bits per heavy atom. The highest BCUT2D eigenvalue weighted by atomic mass is 35.5. The molecule has 1 aromatic carbocycles. The zero-order chi connectivity index (χ0) is 21.3. The van der Waals surface area contributed by atoms with Crippen molar-refractivity contribution in [1.82, 2.24) is 19.8 Å². The van der Waals surface area contributed by atoms with Gasteiger partial charge in [0.25, 0.3) is 0 Å². The molecular weight excluding hydrogens is 416 g/mol. The van der Waals surface area contributed by atoms with Crippen LogP contribution in [0.2, 0.25) is 5.02 Å². The van der Waals surface area contributed by atoms with Crippen LogP contribution in [-0.4, -0.2) is 37.8 Å². The van der Waals surface area contributed by atoms with E-state index in [1.54, 1.807) is 0 Å². The molecule has 0 saturated carbocycles. The predicted octanol–water partition coefficient (Wildman–Crippen LogP) is 4.50. The fraction of sp³-hybridized carbons (Fsp3) is 0.304. The van der Waals surface area contributed by atoms with Gasteiger partial charge in [0.1, 0.15) is 0 Å². The van der Waals surface area contributed by atoms with Gasteiger partial charge in [0.05, 0.1) is 17.8 Å². The molecule has 1 saturated heterocycles. The molecule has 0 aliphatic carbocycles. The Labute approximate surface area is 187 Å². The van der Waals surface area contributed by atoms with E-state index in [4.69, 9.17) is 23.8 Å². The molecule has 3 aromatic rings. The first-order valence-electron chi connectivity index (χ1n) is 10.0. The molecule has 3 heterocycles. The number of aliphatic hydroxyl groups excluding tert-OH is 1. The van der Waals surface area contributed by atoms with Gasteiger partial charge in [-0.15, -0.1) is 0 Å². The minimum atomic E-state index is -0.0642. The summed E-state index contributed by atoms with van der Waals surface area (Å²) in [6.07, 6.45) is 2.46. The van der Waals surface area contributed by atoms with Crippen molar-refractivity contribution in [3.8, 4) is 5.69 Å². The minimum absolute atomic E-state index is 0.0157. The number of thiocarbonyl (C=S) groups is 1. The van der Waals surface area contributed by atoms with Gasteiger partial charge in [0.15, 0.2) is 5.11 Å². The van der Waals surface area contributed by atoms with Gasteiger partial charge in [0, 0.05) is 41.4 Å². The second-order valence-electron chi connectivity index (χ2n) is 7.54. The van der Waals surface area contributed by atoms with E-state index in [9.17, 15) is 5.11 Å². The molecule has 1 fully saturated rings. The summed E-state index contributed by atoms with van der Waals surface area (Å²) < 4.78 is 2.22. The van der Waals surface area contributed by atoms with Crippen LogP contribution in [0.15, 0.2) is 54.7 Å². The zero-order valence-corrected chi connectivity index (χ0v) is 18.6. The van der Waals surface area contributed by atoms with E-state index >= 15 is 0 Å². The number of halogens is 1. The van der Waals surface area contributed by atoms with Crippen molar-refractivity contribution in [2.75, 3.05) is 13.2 Å². The summed E-state index contributed by atoms with van der Waals surface area (Å²) >= 11 is 11.9. The van der Waals surface area contributed by atoms with Gasteiger partial charge in [-0.2, -0.15) is 0 Å². The maximum absolute atomic E-state index is 9.41. The molecule has 2 aromatic heterocycles. The number of aromatic nitrogens is 2. The van der Waals surface area contributed by atoms with Gasteiger partial charge in [-0.25, -0.2) is 0 Å². The molecule has 1 aliphatic heterocycles. The van der Waals surface area contributed by atoms with Crippen molar-refractivity contribution in [1.29, 1.82) is 0 Å². The van der Waals surface area contributed by atoms with E-state index in [1.807, 2.05) is 42.6 Å². The van der Waals surface area contributed by atoms with Crippen LogP contribution in [-0.2, 0) is 0 Å². The van der Waals surface area contributed by atoms with Crippen molar-refractivity contribution < 1.29 is 5.11 Å². The highest BCUT2D eigenvalue weighted by Gasteiger charge is 2.41. The summed E-state index contributed by atoms with van der Waals surface area (Å²) in [4.78, 5) is 6.77. The van der Waals surface area contributed by atoms with Crippen LogP contribution in [0.4, 0.5) is 0 Å². The third kappa shape index (κ3) is 3.83. The average molecular weight is 441 g/mol. The zero-order valence-electron chi connectivity index (χ0n) is 17.0. The van der Waals surface area contributed by atoms with E-state index in [1.165, 1.54) is 5.56 Å². The smallest absolute Gasteiger partial charge is 0.170 e. The maximum atomic E-state index is 9.41. The number of nitrogens with one attached hydrogen (secondary N) is 1. The van der Waals surface area contributed by atoms with Crippen LogP contribution in [0, 0.1) is 13.8 Å². The van der Waals surface area contributed by atoms with E-state index in [0.717, 1.165) is 22.8 Å². The Morgan fingerprint density at radius 1 is 1.17 bits per heavy atom. The first kappa shape index (κ1) is 20.8. The van der Waals surface area contributed by atoms with E-state index < -0.39 is 0 Å². The summed E-state index contributed by atoms with van der Waals surface area (Å²) in [5.41, 5.74) is 5.44. The molecule has 156 valence electrons. The average Bonchev–Trinajstić information content (AvgIpc) is 3.22. The summed E-state index contributed by atoms with van der Waals surface area (Å²) in [6, 6.07) is 16.0. The highest BCUT2D eigenvalue weighted by Crippen LogP contribution is 2.41. The Balaban J connectivity index is 1.82. The minimum Gasteiger partial charge on any atom is -0.396 e. The lowest BCUT2D eigenvalue weighted by Crippen LogP contribution is -2.31. The van der Waals surface area contributed by atoms with Gasteiger partial charge in [0.2, 0.25) is 0 Å². The Kier molecular flexibility index (Phi) is 6.09. The fourth-order valence-electron chi connectivity index (χ4n) is 4.33. The lowest BCUT2D eigenvalue weighted by Gasteiger charge is -2.28. The number of hydrogen-bond donors (Lipinski definition) is 2. The van der Waals surface area contributed by atoms with Gasteiger partial charge >= 0.3 is 0 Å². The fourth-order valence-corrected chi connectivity index (χ4v) is 4.84. The van der Waals surface area contributed by atoms with E-state index in [0.29, 0.717) is 23.1 Å². The molecule has 5 nitrogen and oxygen atoms in total. The van der Waals surface area contributed by atoms with E-state index in [-0.39, 0.29) is 18.7 Å². The molecule has 0 spiro atoms. The summed E-state index contributed by atoms with van der Waals surface area (Å²) in [5, 5.41) is 14.3. The van der Waals surface area contributed by atoms with Crippen LogP contribution >= 0.6 is 23.8 Å². The molecular formula is C23H25ClN4OS. The lowest BCUT2D eigenvalue weighted by molar-refractivity contribution is 0.247. The number of aliphatic hydroxyl groups is 1. The molecule has 1 aliphatic rings. The molecule has 0 amide bonds. The standard InChI is InChI=1S/C23H25ClN4OS/c1-15-13-19(16(2)28(15)18-8-5-7-17(24)14-18)22-21(20-9-3-4-10-25-20)26-23(30)27(22)11-6-12-29/h3-5,7-10,13-14,21-22,29H,6,11-12H2,1-2H3,(H,26,30). The van der Waals surface area contributed by atoms with Crippen molar-refractivity contribution >= 4 is 28.9 Å². The second-order valence-corrected chi connectivity index (χ2v) is 8.36. The van der Waals surface area contributed by atoms with Crippen LogP contribution in [0.1, 0.15) is 41.1 Å². The summed E-state index contributed by atoms with van der Waals surface area (Å²) in [6.45, 7) is 5.04. The Hall–Kier alpha value is -2.41. The summed E-state index contributed by atoms with van der Waals surface area (Å²) in [7, 11) is 0. The van der Waals surface area contributed by atoms with Crippen LogP contribution in [0.3, 0.4) is 0 Å². The van der Waals surface area contributed by atoms with Gasteiger partial charge < -0.3 is 19.9 Å². The van der Waals surface area contributed by atoms with Crippen molar-refractivity contribution in [2.45, 2.75) is 32.4 Å². The van der Waals surface area contributed by atoms with Crippen molar-refractivity contribution in [3.05, 3.63) is 82.4 Å². The van der Waals surface area contributed by atoms with Crippen LogP contribution in [0.5, 0.6) is 0 Å². The van der Waals surface area contributed by atoms with Crippen molar-refractivity contribution in [2.24, 2.45) is 0 Å². The van der Waals surface area contributed by atoms with Crippen molar-refractivity contribution in [3.63, 3.8) is 0 Å². The van der Waals surface area contributed by atoms with Gasteiger partial charge in [-0.3, -0.25) is 4.98 Å². The number of benzene rings is 1. The largest absolute Gasteiger partial charge is 0.396 e. The maximum Gasteiger partial charge on any atom is 0.170 e. The number of rotatable bonds is 6. The summed E-state index contributed by atoms with van der Waals surface area (Å²) in [5.74, 6) is 0. The first-order valence-corrected chi connectivity index (χ1v) is 10.8. The van der Waals surface area contributed by atoms with Gasteiger partial charge in [-0.1, -0.05) is 23.7 Å². The first-order chi connectivity index (χ1) is 14.5. The highest BCUT2D eigenvalue weighted by molar-refractivity contribution is 7.80. The third-order valence-electron chi connectivity index (χ3n) is 5.61. The SMILES string of the molecule is Cc1cc(C2C(c3ccccn3)NC(=S)N2CCCO)c(C)n1-c1cccc(Cl)c1.